The number of rotatable bonds is 7. The molecule has 0 atom stereocenters. The van der Waals surface area contributed by atoms with Gasteiger partial charge in [-0.15, -0.1) is 12.4 Å². The van der Waals surface area contributed by atoms with Gasteiger partial charge in [0.15, 0.2) is 0 Å². The first kappa shape index (κ1) is 19.8. The fourth-order valence-corrected chi connectivity index (χ4v) is 3.89. The molecule has 0 aromatic carbocycles. The van der Waals surface area contributed by atoms with E-state index in [4.69, 9.17) is 0 Å². The largest absolute Gasteiger partial charge is 0.353 e. The van der Waals surface area contributed by atoms with Crippen LogP contribution in [0.4, 0.5) is 0 Å². The molecular formula is C18H35ClN2O. The summed E-state index contributed by atoms with van der Waals surface area (Å²) < 4.78 is 0. The molecule has 2 aliphatic rings. The van der Waals surface area contributed by atoms with E-state index in [0.717, 1.165) is 37.8 Å². The molecule has 0 aromatic heterocycles. The fraction of sp³-hybridized carbons (Fsp3) is 0.944. The smallest absolute Gasteiger partial charge is 0.220 e. The molecule has 1 amide bonds. The van der Waals surface area contributed by atoms with Crippen LogP contribution in [0.25, 0.3) is 0 Å². The summed E-state index contributed by atoms with van der Waals surface area (Å²) in [5.74, 6) is 1.99. The summed E-state index contributed by atoms with van der Waals surface area (Å²) in [4.78, 5) is 12.1. The molecule has 130 valence electrons. The second kappa shape index (κ2) is 11.3. The van der Waals surface area contributed by atoms with Crippen molar-refractivity contribution in [1.82, 2.24) is 10.6 Å². The molecule has 1 aliphatic carbocycles. The number of unbranched alkanes of at least 4 members (excludes halogenated alkanes) is 1. The van der Waals surface area contributed by atoms with Gasteiger partial charge in [0.1, 0.15) is 0 Å². The van der Waals surface area contributed by atoms with Crippen LogP contribution in [0.2, 0.25) is 0 Å². The Hall–Kier alpha value is -0.280. The van der Waals surface area contributed by atoms with E-state index in [0.29, 0.717) is 11.9 Å². The van der Waals surface area contributed by atoms with Gasteiger partial charge in [-0.3, -0.25) is 4.79 Å². The van der Waals surface area contributed by atoms with Gasteiger partial charge >= 0.3 is 0 Å². The van der Waals surface area contributed by atoms with Crippen molar-refractivity contribution in [2.45, 2.75) is 83.6 Å². The van der Waals surface area contributed by atoms with Gasteiger partial charge in [-0.2, -0.15) is 0 Å². The van der Waals surface area contributed by atoms with Crippen molar-refractivity contribution < 1.29 is 4.79 Å². The third-order valence-corrected chi connectivity index (χ3v) is 5.42. The van der Waals surface area contributed by atoms with Crippen molar-refractivity contribution in [1.29, 1.82) is 0 Å². The maximum Gasteiger partial charge on any atom is 0.220 e. The zero-order valence-corrected chi connectivity index (χ0v) is 15.1. The highest BCUT2D eigenvalue weighted by Crippen LogP contribution is 2.28. The Morgan fingerprint density at radius 2 is 1.64 bits per heavy atom. The molecule has 0 unspecified atom stereocenters. The van der Waals surface area contributed by atoms with Gasteiger partial charge in [0.25, 0.3) is 0 Å². The fourth-order valence-electron chi connectivity index (χ4n) is 3.89. The third kappa shape index (κ3) is 7.32. The first-order chi connectivity index (χ1) is 10.3. The highest BCUT2D eigenvalue weighted by molar-refractivity contribution is 5.85. The lowest BCUT2D eigenvalue weighted by atomic mass is 9.83. The number of carbonyl (C=O) groups is 1. The summed E-state index contributed by atoms with van der Waals surface area (Å²) in [6.07, 6.45) is 13.4. The molecule has 1 saturated carbocycles. The van der Waals surface area contributed by atoms with Crippen molar-refractivity contribution >= 4 is 18.3 Å². The average molecular weight is 331 g/mol. The minimum absolute atomic E-state index is 0. The van der Waals surface area contributed by atoms with E-state index in [9.17, 15) is 4.79 Å². The van der Waals surface area contributed by atoms with Crippen LogP contribution in [-0.4, -0.2) is 25.0 Å². The van der Waals surface area contributed by atoms with Gasteiger partial charge in [-0.25, -0.2) is 0 Å². The summed E-state index contributed by atoms with van der Waals surface area (Å²) in [6, 6.07) is 0.461. The summed E-state index contributed by atoms with van der Waals surface area (Å²) >= 11 is 0. The van der Waals surface area contributed by atoms with Crippen LogP contribution < -0.4 is 10.6 Å². The van der Waals surface area contributed by atoms with Crippen molar-refractivity contribution in [2.75, 3.05) is 13.1 Å². The highest BCUT2D eigenvalue weighted by atomic mass is 35.5. The SMILES string of the molecule is CCCCC1CCC(NC(=O)CCC2CCNCC2)CC1.Cl. The van der Waals surface area contributed by atoms with Crippen LogP contribution in [0.5, 0.6) is 0 Å². The molecule has 2 N–H and O–H groups in total. The summed E-state index contributed by atoms with van der Waals surface area (Å²) in [7, 11) is 0. The Bertz CT molecular complexity index is 297. The van der Waals surface area contributed by atoms with E-state index in [2.05, 4.69) is 17.6 Å². The predicted octanol–water partition coefficient (Wildman–Crippen LogP) is 4.05. The van der Waals surface area contributed by atoms with E-state index in [-0.39, 0.29) is 12.4 Å². The molecule has 1 aliphatic heterocycles. The van der Waals surface area contributed by atoms with Crippen LogP contribution in [0.1, 0.15) is 77.6 Å². The maximum absolute atomic E-state index is 12.1. The molecule has 1 saturated heterocycles. The Kier molecular flexibility index (Phi) is 10.1. The van der Waals surface area contributed by atoms with Gasteiger partial charge in [-0.05, 0) is 69.9 Å². The van der Waals surface area contributed by atoms with Crippen LogP contribution in [0.3, 0.4) is 0 Å². The second-order valence-corrected chi connectivity index (χ2v) is 7.16. The normalized spacial score (nSPS) is 26.2. The number of halogens is 1. The predicted molar refractivity (Wildman–Crippen MR) is 95.5 cm³/mol. The molecule has 0 radical (unpaired) electrons. The highest BCUT2D eigenvalue weighted by Gasteiger charge is 2.22. The zero-order chi connectivity index (χ0) is 14.9. The lowest BCUT2D eigenvalue weighted by molar-refractivity contribution is -0.122. The van der Waals surface area contributed by atoms with E-state index < -0.39 is 0 Å². The topological polar surface area (TPSA) is 41.1 Å². The monoisotopic (exact) mass is 330 g/mol. The van der Waals surface area contributed by atoms with Gasteiger partial charge in [0, 0.05) is 12.5 Å². The molecule has 0 bridgehead atoms. The molecule has 2 fully saturated rings. The van der Waals surface area contributed by atoms with E-state index in [1.54, 1.807) is 0 Å². The standard InChI is InChI=1S/C18H34N2O.ClH/c1-2-3-4-15-5-8-17(9-6-15)20-18(21)10-7-16-11-13-19-14-12-16;/h15-17,19H,2-14H2,1H3,(H,20,21);1H. The zero-order valence-electron chi connectivity index (χ0n) is 14.2. The molecule has 2 rings (SSSR count). The van der Waals surface area contributed by atoms with Gasteiger partial charge in [0.2, 0.25) is 5.91 Å². The molecule has 3 nitrogen and oxygen atoms in total. The minimum Gasteiger partial charge on any atom is -0.353 e. The molecule has 0 aromatic rings. The van der Waals surface area contributed by atoms with E-state index >= 15 is 0 Å². The molecule has 0 spiro atoms. The van der Waals surface area contributed by atoms with E-state index in [1.807, 2.05) is 0 Å². The quantitative estimate of drug-likeness (QED) is 0.739. The first-order valence-corrected chi connectivity index (χ1v) is 9.28. The third-order valence-electron chi connectivity index (χ3n) is 5.42. The van der Waals surface area contributed by atoms with E-state index in [1.165, 1.54) is 57.8 Å². The van der Waals surface area contributed by atoms with Crippen molar-refractivity contribution in [3.63, 3.8) is 0 Å². The number of hydrogen-bond donors (Lipinski definition) is 2. The van der Waals surface area contributed by atoms with Gasteiger partial charge < -0.3 is 10.6 Å². The number of carbonyl (C=O) groups excluding carboxylic acids is 1. The second-order valence-electron chi connectivity index (χ2n) is 7.16. The van der Waals surface area contributed by atoms with Gasteiger partial charge in [0.05, 0.1) is 0 Å². The minimum atomic E-state index is 0. The number of nitrogens with one attached hydrogen (secondary N) is 2. The summed E-state index contributed by atoms with van der Waals surface area (Å²) in [6.45, 7) is 4.54. The lowest BCUT2D eigenvalue weighted by Crippen LogP contribution is -2.38. The van der Waals surface area contributed by atoms with Gasteiger partial charge in [-0.1, -0.05) is 26.2 Å². The Morgan fingerprint density at radius 1 is 1.00 bits per heavy atom. The summed E-state index contributed by atoms with van der Waals surface area (Å²) in [5.41, 5.74) is 0. The summed E-state index contributed by atoms with van der Waals surface area (Å²) in [5, 5.41) is 6.67. The first-order valence-electron chi connectivity index (χ1n) is 9.28. The number of hydrogen-bond acceptors (Lipinski definition) is 2. The molecular weight excluding hydrogens is 296 g/mol. The maximum atomic E-state index is 12.1. The Morgan fingerprint density at radius 3 is 2.27 bits per heavy atom. The molecule has 1 heterocycles. The number of amides is 1. The number of piperidine rings is 1. The van der Waals surface area contributed by atoms with Crippen molar-refractivity contribution in [3.05, 3.63) is 0 Å². The Labute approximate surface area is 142 Å². The average Bonchev–Trinajstić information content (AvgIpc) is 2.53. The molecule has 22 heavy (non-hydrogen) atoms. The van der Waals surface area contributed by atoms with Crippen molar-refractivity contribution in [3.8, 4) is 0 Å². The molecule has 4 heteroatoms. The van der Waals surface area contributed by atoms with Crippen molar-refractivity contribution in [2.24, 2.45) is 11.8 Å². The van der Waals surface area contributed by atoms with Crippen LogP contribution in [0, 0.1) is 11.8 Å². The van der Waals surface area contributed by atoms with Crippen LogP contribution >= 0.6 is 12.4 Å². The Balaban J connectivity index is 0.00000242. The van der Waals surface area contributed by atoms with Crippen LogP contribution in [0.15, 0.2) is 0 Å². The van der Waals surface area contributed by atoms with Crippen LogP contribution in [-0.2, 0) is 4.79 Å². The lowest BCUT2D eigenvalue weighted by Gasteiger charge is -2.29.